The largest absolute Gasteiger partial charge is 0.444 e. The van der Waals surface area contributed by atoms with E-state index in [-0.39, 0.29) is 29.4 Å². The lowest BCUT2D eigenvalue weighted by Crippen LogP contribution is -2.54. The number of aromatic nitrogens is 3. The van der Waals surface area contributed by atoms with Crippen molar-refractivity contribution in [3.63, 3.8) is 0 Å². The highest BCUT2D eigenvalue weighted by molar-refractivity contribution is 5.95. The molecule has 212 valence electrons. The van der Waals surface area contributed by atoms with Crippen LogP contribution in [0.5, 0.6) is 0 Å². The molecule has 9 heteroatoms. The second-order valence-electron chi connectivity index (χ2n) is 13.0. The maximum atomic E-state index is 13.1. The van der Waals surface area contributed by atoms with Crippen LogP contribution in [0.3, 0.4) is 0 Å². The lowest BCUT2D eigenvalue weighted by molar-refractivity contribution is -0.0795. The number of nitrogens with zero attached hydrogens (tertiary/aromatic N) is 4. The van der Waals surface area contributed by atoms with E-state index in [1.807, 2.05) is 66.1 Å². The van der Waals surface area contributed by atoms with Crippen LogP contribution in [0, 0.1) is 0 Å². The molecule has 2 aromatic rings. The molecule has 0 unspecified atom stereocenters. The minimum absolute atomic E-state index is 0.0532. The van der Waals surface area contributed by atoms with Crippen molar-refractivity contribution < 1.29 is 23.8 Å². The number of hydrogen-bond acceptors (Lipinski definition) is 7. The van der Waals surface area contributed by atoms with Crippen LogP contribution in [0.2, 0.25) is 0 Å². The monoisotopic (exact) mass is 530 g/mol. The Labute approximate surface area is 227 Å². The van der Waals surface area contributed by atoms with Crippen molar-refractivity contribution in [2.24, 2.45) is 7.05 Å². The fraction of sp³-hybridized carbons (Fsp3) is 0.724. The molecule has 0 radical (unpaired) electrons. The van der Waals surface area contributed by atoms with Gasteiger partial charge in [-0.15, -0.1) is 0 Å². The van der Waals surface area contributed by atoms with E-state index in [2.05, 4.69) is 30.7 Å². The number of aryl methyl sites for hydroxylation is 1. The number of ketones is 1. The lowest BCUT2D eigenvalue weighted by atomic mass is 9.92. The summed E-state index contributed by atoms with van der Waals surface area (Å²) in [6.07, 6.45) is 2.24. The van der Waals surface area contributed by atoms with Gasteiger partial charge in [0.05, 0.1) is 31.1 Å². The molecule has 0 bridgehead atoms. The first kappa shape index (κ1) is 30.0. The van der Waals surface area contributed by atoms with Crippen LogP contribution < -0.4 is 0 Å². The van der Waals surface area contributed by atoms with E-state index in [9.17, 15) is 9.59 Å². The van der Waals surface area contributed by atoms with E-state index in [0.29, 0.717) is 37.2 Å². The minimum atomic E-state index is -0.826. The minimum Gasteiger partial charge on any atom is -0.444 e. The van der Waals surface area contributed by atoms with Crippen molar-refractivity contribution in [2.75, 3.05) is 6.61 Å². The van der Waals surface area contributed by atoms with E-state index >= 15 is 0 Å². The van der Waals surface area contributed by atoms with Crippen molar-refractivity contribution in [1.82, 2.24) is 19.4 Å². The van der Waals surface area contributed by atoms with Gasteiger partial charge in [-0.3, -0.25) is 14.7 Å². The van der Waals surface area contributed by atoms with Crippen LogP contribution >= 0.6 is 0 Å². The number of hydrogen-bond donors (Lipinski definition) is 0. The number of carbonyl (C=O) groups excluding carboxylic acids is 2. The number of rotatable bonds is 8. The van der Waals surface area contributed by atoms with Gasteiger partial charge in [0.1, 0.15) is 22.5 Å². The predicted octanol–water partition coefficient (Wildman–Crippen LogP) is 5.78. The van der Waals surface area contributed by atoms with Gasteiger partial charge < -0.3 is 18.8 Å². The first-order valence-electron chi connectivity index (χ1n) is 13.6. The number of ether oxygens (including phenoxy) is 3. The summed E-state index contributed by atoms with van der Waals surface area (Å²) >= 11 is 0. The van der Waals surface area contributed by atoms with Crippen LogP contribution in [0.25, 0.3) is 11.2 Å². The Morgan fingerprint density at radius 1 is 1.18 bits per heavy atom. The van der Waals surface area contributed by atoms with Gasteiger partial charge in [-0.1, -0.05) is 20.8 Å². The standard InChI is InChI=1S/C29H46N4O5/c1-18(2)37-23(21-17-36-29(9,10)33(21)26(35)38-28(6,7)8)14-12-13-22(34)20-16-30-19-15-24(27(3,4)5)32(11)25(19)31-20/h15-16,18,21,23H,12-14,17H2,1-11H3/t21-,23-/m0/s1. The molecule has 2 aromatic heterocycles. The number of Topliss-reactive ketones (excluding diaryl/α,β-unsaturated/α-hetero) is 1. The van der Waals surface area contributed by atoms with Crippen LogP contribution in [0.15, 0.2) is 12.3 Å². The Kier molecular flexibility index (Phi) is 8.63. The molecule has 0 aromatic carbocycles. The van der Waals surface area contributed by atoms with Crippen molar-refractivity contribution in [3.05, 3.63) is 23.7 Å². The third-order valence-corrected chi connectivity index (χ3v) is 6.67. The normalized spacial score (nSPS) is 18.8. The van der Waals surface area contributed by atoms with Gasteiger partial charge in [0.15, 0.2) is 11.4 Å². The Hall–Kier alpha value is -2.52. The molecular weight excluding hydrogens is 484 g/mol. The molecule has 1 aliphatic rings. The molecule has 0 N–H and O–H groups in total. The number of carbonyl (C=O) groups is 2. The smallest absolute Gasteiger partial charge is 0.412 e. The Morgan fingerprint density at radius 2 is 1.84 bits per heavy atom. The van der Waals surface area contributed by atoms with Gasteiger partial charge in [-0.25, -0.2) is 9.78 Å². The first-order chi connectivity index (χ1) is 17.4. The highest BCUT2D eigenvalue weighted by atomic mass is 16.6. The van der Waals surface area contributed by atoms with E-state index in [0.717, 1.165) is 11.2 Å². The molecular formula is C29H46N4O5. The Morgan fingerprint density at radius 3 is 2.42 bits per heavy atom. The quantitative estimate of drug-likeness (QED) is 0.399. The predicted molar refractivity (Wildman–Crippen MR) is 147 cm³/mol. The van der Waals surface area contributed by atoms with Gasteiger partial charge in [0, 0.05) is 24.6 Å². The van der Waals surface area contributed by atoms with E-state index in [1.54, 1.807) is 11.1 Å². The molecule has 0 aliphatic carbocycles. The van der Waals surface area contributed by atoms with Crippen molar-refractivity contribution in [3.8, 4) is 0 Å². The van der Waals surface area contributed by atoms with Gasteiger partial charge in [0.25, 0.3) is 0 Å². The van der Waals surface area contributed by atoms with Crippen LogP contribution in [0.4, 0.5) is 4.79 Å². The second-order valence-corrected chi connectivity index (χ2v) is 13.0. The number of amides is 1. The maximum Gasteiger partial charge on any atom is 0.412 e. The van der Waals surface area contributed by atoms with Crippen molar-refractivity contribution in [1.29, 1.82) is 0 Å². The molecule has 38 heavy (non-hydrogen) atoms. The van der Waals surface area contributed by atoms with E-state index in [1.165, 1.54) is 0 Å². The van der Waals surface area contributed by atoms with E-state index in [4.69, 9.17) is 14.2 Å². The molecule has 0 saturated carbocycles. The van der Waals surface area contributed by atoms with Crippen LogP contribution in [-0.2, 0) is 26.7 Å². The highest BCUT2D eigenvalue weighted by Crippen LogP contribution is 2.34. The zero-order chi connectivity index (χ0) is 28.6. The molecule has 1 fully saturated rings. The number of fused-ring (bicyclic) bond motifs is 1. The summed E-state index contributed by atoms with van der Waals surface area (Å²) in [5, 5.41) is 0. The first-order valence-corrected chi connectivity index (χ1v) is 13.6. The van der Waals surface area contributed by atoms with Crippen molar-refractivity contribution in [2.45, 2.75) is 123 Å². The average molecular weight is 531 g/mol. The maximum absolute atomic E-state index is 13.1. The molecule has 1 amide bonds. The summed E-state index contributed by atoms with van der Waals surface area (Å²) in [4.78, 5) is 37.1. The fourth-order valence-electron chi connectivity index (χ4n) is 5.00. The SMILES string of the molecule is CC(C)O[C@@H](CCCC(=O)c1cnc2cc(C(C)(C)C)n(C)c2n1)[C@@H]1COC(C)(C)N1C(=O)OC(C)(C)C. The second kappa shape index (κ2) is 10.9. The Balaban J connectivity index is 1.73. The van der Waals surface area contributed by atoms with Gasteiger partial charge >= 0.3 is 6.09 Å². The molecule has 1 saturated heterocycles. The summed E-state index contributed by atoms with van der Waals surface area (Å²) in [6.45, 7) is 19.9. The van der Waals surface area contributed by atoms with Crippen molar-refractivity contribution >= 4 is 23.0 Å². The summed E-state index contributed by atoms with van der Waals surface area (Å²) in [7, 11) is 1.96. The van der Waals surface area contributed by atoms with Gasteiger partial charge in [-0.2, -0.15) is 0 Å². The van der Waals surface area contributed by atoms with E-state index < -0.39 is 17.4 Å². The summed E-state index contributed by atoms with van der Waals surface area (Å²) in [6, 6.07) is 1.71. The van der Waals surface area contributed by atoms with Gasteiger partial charge in [-0.05, 0) is 67.4 Å². The topological polar surface area (TPSA) is 95.8 Å². The zero-order valence-electron chi connectivity index (χ0n) is 25.0. The van der Waals surface area contributed by atoms with Crippen LogP contribution in [0.1, 0.15) is 105 Å². The highest BCUT2D eigenvalue weighted by Gasteiger charge is 2.49. The van der Waals surface area contributed by atoms with Crippen LogP contribution in [-0.4, -0.2) is 67.5 Å². The third-order valence-electron chi connectivity index (χ3n) is 6.67. The average Bonchev–Trinajstić information content (AvgIpc) is 3.27. The zero-order valence-corrected chi connectivity index (χ0v) is 25.0. The molecule has 9 nitrogen and oxygen atoms in total. The molecule has 3 heterocycles. The summed E-state index contributed by atoms with van der Waals surface area (Å²) < 4.78 is 20.0. The molecule has 3 rings (SSSR count). The van der Waals surface area contributed by atoms with Gasteiger partial charge in [0.2, 0.25) is 0 Å². The third kappa shape index (κ3) is 6.91. The molecule has 0 spiro atoms. The lowest BCUT2D eigenvalue weighted by Gasteiger charge is -2.38. The Bertz CT molecular complexity index is 1160. The summed E-state index contributed by atoms with van der Waals surface area (Å²) in [5.74, 6) is -0.0618. The molecule has 2 atom stereocenters. The summed E-state index contributed by atoms with van der Waals surface area (Å²) in [5.41, 5.74) is 1.45. The molecule has 1 aliphatic heterocycles. The fourth-order valence-corrected chi connectivity index (χ4v) is 5.00.